The molecule has 0 fully saturated rings. The van der Waals surface area contributed by atoms with Gasteiger partial charge in [0.25, 0.3) is 0 Å². The van der Waals surface area contributed by atoms with Crippen LogP contribution in [0.25, 0.3) is 16.8 Å². The van der Waals surface area contributed by atoms with Crippen LogP contribution >= 0.6 is 0 Å². The molecule has 5 heteroatoms. The lowest BCUT2D eigenvalue weighted by molar-refractivity contribution is -0.454. The monoisotopic (exact) mass is 561 g/mol. The summed E-state index contributed by atoms with van der Waals surface area (Å²) >= 11 is 0. The second-order valence-corrected chi connectivity index (χ2v) is 10.8. The van der Waals surface area contributed by atoms with Crippen molar-refractivity contribution in [1.29, 1.82) is 5.26 Å². The second-order valence-electron chi connectivity index (χ2n) is 10.8. The maximum Gasteiger partial charge on any atom is 0.337 e. The highest BCUT2D eigenvalue weighted by Crippen LogP contribution is 2.44. The molecule has 216 valence electrons. The molecule has 5 rings (SSSR count). The quantitative estimate of drug-likeness (QED) is 0.160. The van der Waals surface area contributed by atoms with Gasteiger partial charge in [0.05, 0.1) is 24.2 Å². The minimum atomic E-state index is -0.317. The fourth-order valence-electron chi connectivity index (χ4n) is 5.81. The first-order chi connectivity index (χ1) is 20.3. The standard InChI is InChI=1S/C35H37N2O2.C2H3N.H/c1-6-36(7-2)29-20-14-25(15-21-29)16-23-32-35(3,4)33-30-11-9-8-10-27(30)19-22-31(33)37(32)24-26-12-17-28(18-13-26)34(38)39-5;1-2-3;/h8-23H,6-7,24H2,1-5H3;1H3;/q+1;;-1/i;;1+2. The van der Waals surface area contributed by atoms with Gasteiger partial charge in [0.1, 0.15) is 0 Å². The fourth-order valence-corrected chi connectivity index (χ4v) is 5.81. The van der Waals surface area contributed by atoms with E-state index in [-0.39, 0.29) is 12.8 Å². The summed E-state index contributed by atoms with van der Waals surface area (Å²) in [6, 6.07) is 31.4. The summed E-state index contributed by atoms with van der Waals surface area (Å²) in [5.74, 6) is -0.317. The summed E-state index contributed by atoms with van der Waals surface area (Å²) in [7, 11) is 1.41. The van der Waals surface area contributed by atoms with Gasteiger partial charge in [0.15, 0.2) is 12.3 Å². The van der Waals surface area contributed by atoms with Crippen LogP contribution in [0.4, 0.5) is 11.4 Å². The number of ether oxygens (including phenoxy) is 1. The summed E-state index contributed by atoms with van der Waals surface area (Å²) in [6.45, 7) is 13.2. The van der Waals surface area contributed by atoms with Crippen molar-refractivity contribution in [3.63, 3.8) is 0 Å². The van der Waals surface area contributed by atoms with Crippen LogP contribution < -0.4 is 4.90 Å². The zero-order valence-corrected chi connectivity index (χ0v) is 25.5. The number of allylic oxidation sites excluding steroid dienone is 1. The molecule has 42 heavy (non-hydrogen) atoms. The van der Waals surface area contributed by atoms with Crippen LogP contribution in [0.15, 0.2) is 91.0 Å². The molecule has 0 N–H and O–H groups in total. The third kappa shape index (κ3) is 6.14. The molecule has 1 heterocycles. The van der Waals surface area contributed by atoms with Crippen LogP contribution in [0.5, 0.6) is 0 Å². The van der Waals surface area contributed by atoms with Gasteiger partial charge < -0.3 is 11.1 Å². The molecule has 0 amide bonds. The average Bonchev–Trinajstić information content (AvgIpc) is 3.23. The maximum atomic E-state index is 12.0. The van der Waals surface area contributed by atoms with Crippen molar-refractivity contribution >= 4 is 39.9 Å². The van der Waals surface area contributed by atoms with Crippen molar-refractivity contribution in [2.75, 3.05) is 25.1 Å². The predicted octanol–water partition coefficient (Wildman–Crippen LogP) is 8.40. The number of esters is 1. The summed E-state index contributed by atoms with van der Waals surface area (Å²) in [5, 5.41) is 9.86. The number of rotatable bonds is 8. The molecule has 0 radical (unpaired) electrons. The van der Waals surface area contributed by atoms with Crippen molar-refractivity contribution in [2.45, 2.75) is 46.6 Å². The van der Waals surface area contributed by atoms with Crippen LogP contribution in [-0.2, 0) is 16.7 Å². The first-order valence-corrected chi connectivity index (χ1v) is 14.5. The van der Waals surface area contributed by atoms with E-state index >= 15 is 0 Å². The Morgan fingerprint density at radius 1 is 0.952 bits per heavy atom. The van der Waals surface area contributed by atoms with E-state index in [1.54, 1.807) is 6.07 Å². The number of methoxy groups -OCH3 is 1. The molecule has 0 unspecified atom stereocenters. The van der Waals surface area contributed by atoms with Crippen molar-refractivity contribution < 1.29 is 15.5 Å². The zero-order chi connectivity index (χ0) is 30.3. The summed E-state index contributed by atoms with van der Waals surface area (Å²) in [6.07, 6.45) is 4.51. The minimum absolute atomic E-state index is 0. The molecule has 4 aromatic carbocycles. The number of anilines is 1. The predicted molar refractivity (Wildman–Crippen MR) is 175 cm³/mol. The van der Waals surface area contributed by atoms with Crippen LogP contribution in [0, 0.1) is 11.3 Å². The van der Waals surface area contributed by atoms with Gasteiger partial charge in [0, 0.05) is 49.0 Å². The van der Waals surface area contributed by atoms with Gasteiger partial charge in [-0.2, -0.15) is 9.84 Å². The van der Waals surface area contributed by atoms with Crippen molar-refractivity contribution in [1.82, 2.24) is 0 Å². The molecule has 0 saturated heterocycles. The average molecular weight is 562 g/mol. The highest BCUT2D eigenvalue weighted by Gasteiger charge is 2.45. The third-order valence-electron chi connectivity index (χ3n) is 7.93. The zero-order valence-electron chi connectivity index (χ0n) is 26.5. The number of hydrogen-bond donors (Lipinski definition) is 0. The minimum Gasteiger partial charge on any atom is -1.00 e. The number of benzene rings is 4. The molecule has 0 bridgehead atoms. The summed E-state index contributed by atoms with van der Waals surface area (Å²) < 4.78 is 7.31. The number of fused-ring (bicyclic) bond motifs is 3. The highest BCUT2D eigenvalue weighted by molar-refractivity contribution is 6.09. The first-order valence-electron chi connectivity index (χ1n) is 14.5. The van der Waals surface area contributed by atoms with E-state index in [1.807, 2.05) is 24.3 Å². The largest absolute Gasteiger partial charge is 1.00 e. The topological polar surface area (TPSA) is 56.3 Å². The van der Waals surface area contributed by atoms with Crippen LogP contribution in [-0.4, -0.2) is 36.5 Å². The molecule has 0 spiro atoms. The molecular formula is C37H41N3O2. The van der Waals surface area contributed by atoms with Gasteiger partial charge in [-0.1, -0.05) is 48.5 Å². The lowest BCUT2D eigenvalue weighted by Crippen LogP contribution is -2.27. The van der Waals surface area contributed by atoms with E-state index in [0.29, 0.717) is 12.1 Å². The Morgan fingerprint density at radius 3 is 2.21 bits per heavy atom. The number of hydrogen-bond acceptors (Lipinski definition) is 4. The van der Waals surface area contributed by atoms with Crippen molar-refractivity contribution in [2.24, 2.45) is 0 Å². The molecule has 0 atom stereocenters. The molecule has 5 nitrogen and oxygen atoms in total. The number of nitrogens with zero attached hydrogens (tertiary/aromatic N) is 3. The Morgan fingerprint density at radius 2 is 1.60 bits per heavy atom. The van der Waals surface area contributed by atoms with E-state index in [4.69, 9.17) is 10.00 Å². The third-order valence-corrected chi connectivity index (χ3v) is 7.93. The van der Waals surface area contributed by atoms with Gasteiger partial charge in [-0.3, -0.25) is 0 Å². The van der Waals surface area contributed by atoms with E-state index in [1.165, 1.54) is 53.0 Å². The van der Waals surface area contributed by atoms with Gasteiger partial charge in [0.2, 0.25) is 5.69 Å². The molecular weight excluding hydrogens is 518 g/mol. The summed E-state index contributed by atoms with van der Waals surface area (Å²) in [5.41, 5.74) is 7.76. The van der Waals surface area contributed by atoms with Crippen molar-refractivity contribution in [3.05, 3.63) is 113 Å². The smallest absolute Gasteiger partial charge is 0.337 e. The maximum absolute atomic E-state index is 12.0. The van der Waals surface area contributed by atoms with Crippen molar-refractivity contribution in [3.8, 4) is 6.07 Å². The Bertz CT molecular complexity index is 1660. The highest BCUT2D eigenvalue weighted by atomic mass is 16.5. The summed E-state index contributed by atoms with van der Waals surface area (Å²) in [4.78, 5) is 14.3. The van der Waals surface area contributed by atoms with E-state index in [9.17, 15) is 4.79 Å². The van der Waals surface area contributed by atoms with Gasteiger partial charge >= 0.3 is 5.97 Å². The lowest BCUT2D eigenvalue weighted by atomic mass is 9.79. The first kappa shape index (κ1) is 30.3. The molecule has 0 aliphatic carbocycles. The molecule has 0 saturated carbocycles. The lowest BCUT2D eigenvalue weighted by Gasteiger charge is -2.20. The molecule has 1 aliphatic rings. The van der Waals surface area contributed by atoms with Crippen LogP contribution in [0.2, 0.25) is 0 Å². The number of carbonyl (C=O) groups excluding carboxylic acids is 1. The van der Waals surface area contributed by atoms with Gasteiger partial charge in [-0.15, -0.1) is 0 Å². The Labute approximate surface area is 251 Å². The van der Waals surface area contributed by atoms with Crippen LogP contribution in [0.1, 0.15) is 63.1 Å². The molecule has 4 aromatic rings. The van der Waals surface area contributed by atoms with E-state index < -0.39 is 0 Å². The van der Waals surface area contributed by atoms with Gasteiger partial charge in [-0.25, -0.2) is 4.79 Å². The number of carbonyl (C=O) groups is 1. The van der Waals surface area contributed by atoms with Gasteiger partial charge in [-0.05, 0) is 80.4 Å². The fraction of sp³-hybridized carbons (Fsp3) is 0.270. The van der Waals surface area contributed by atoms with E-state index in [0.717, 1.165) is 18.7 Å². The SMILES string of the molecule is CC#N.CCN(CC)c1ccc(/C=C/C2=[N+](Cc3ccc(C(=O)OC)cc3)c3ccc4ccccc4c3C2(C)C)cc1.[3H-]. The Hall–Kier alpha value is -4.69. The molecule has 1 aliphatic heterocycles. The second kappa shape index (κ2) is 13.3. The van der Waals surface area contributed by atoms with E-state index in [2.05, 4.69) is 110 Å². The number of nitriles is 1. The Balaban J connectivity index is 0.00000121. The van der Waals surface area contributed by atoms with Crippen LogP contribution in [0.3, 0.4) is 0 Å². The Kier molecular flexibility index (Phi) is 9.60. The molecule has 0 aromatic heterocycles. The normalized spacial score (nSPS) is 13.4.